The number of amides is 4. The quantitative estimate of drug-likeness (QED) is 0.311. The zero-order chi connectivity index (χ0) is 22.5. The van der Waals surface area contributed by atoms with Crippen molar-refractivity contribution in [3.8, 4) is 0 Å². The van der Waals surface area contributed by atoms with Crippen molar-refractivity contribution < 1.29 is 19.2 Å². The molecule has 0 bridgehead atoms. The minimum absolute atomic E-state index is 0.0389. The second-order valence-electron chi connectivity index (χ2n) is 7.56. The molecule has 1 aromatic rings. The van der Waals surface area contributed by atoms with Gasteiger partial charge in [0.05, 0.1) is 19.6 Å². The number of carbonyl (C=O) groups is 4. The van der Waals surface area contributed by atoms with Crippen molar-refractivity contribution in [2.75, 3.05) is 19.6 Å². The van der Waals surface area contributed by atoms with Crippen molar-refractivity contribution in [1.29, 1.82) is 0 Å². The summed E-state index contributed by atoms with van der Waals surface area (Å²) < 4.78 is 0. The van der Waals surface area contributed by atoms with Crippen molar-refractivity contribution in [3.63, 3.8) is 0 Å². The number of benzene rings is 1. The SMILES string of the molecule is CC(C)NCC(=O)NCC(=O)NC(Cc1ccccc1)C(=O)NCC(=O)NC(C)C. The Bertz CT molecular complexity index is 707. The van der Waals surface area contributed by atoms with Gasteiger partial charge in [-0.2, -0.15) is 0 Å². The third-order valence-electron chi connectivity index (χ3n) is 3.92. The molecule has 1 atom stereocenters. The molecular weight excluding hydrogens is 386 g/mol. The largest absolute Gasteiger partial charge is 0.352 e. The molecule has 9 heteroatoms. The van der Waals surface area contributed by atoms with Gasteiger partial charge < -0.3 is 26.6 Å². The number of hydrogen-bond donors (Lipinski definition) is 5. The van der Waals surface area contributed by atoms with Crippen LogP contribution in [-0.2, 0) is 25.6 Å². The van der Waals surface area contributed by atoms with Crippen LogP contribution in [0.2, 0.25) is 0 Å². The summed E-state index contributed by atoms with van der Waals surface area (Å²) in [6.07, 6.45) is 0.257. The highest BCUT2D eigenvalue weighted by Crippen LogP contribution is 2.03. The van der Waals surface area contributed by atoms with Crippen molar-refractivity contribution in [1.82, 2.24) is 26.6 Å². The Morgan fingerprint density at radius 3 is 1.93 bits per heavy atom. The molecule has 4 amide bonds. The molecule has 166 valence electrons. The van der Waals surface area contributed by atoms with Gasteiger partial charge in [-0.15, -0.1) is 0 Å². The van der Waals surface area contributed by atoms with E-state index in [0.717, 1.165) is 5.56 Å². The van der Waals surface area contributed by atoms with Crippen LogP contribution in [0.15, 0.2) is 30.3 Å². The minimum atomic E-state index is -0.877. The van der Waals surface area contributed by atoms with E-state index in [9.17, 15) is 19.2 Å². The fourth-order valence-corrected chi connectivity index (χ4v) is 2.51. The average Bonchev–Trinajstić information content (AvgIpc) is 2.68. The Labute approximate surface area is 177 Å². The number of rotatable bonds is 12. The van der Waals surface area contributed by atoms with Gasteiger partial charge in [0.15, 0.2) is 0 Å². The van der Waals surface area contributed by atoms with E-state index < -0.39 is 17.9 Å². The van der Waals surface area contributed by atoms with Crippen LogP contribution in [-0.4, -0.2) is 61.4 Å². The third kappa shape index (κ3) is 11.2. The second-order valence-corrected chi connectivity index (χ2v) is 7.56. The molecule has 0 saturated carbocycles. The van der Waals surface area contributed by atoms with Crippen molar-refractivity contribution in [2.45, 2.75) is 52.2 Å². The smallest absolute Gasteiger partial charge is 0.243 e. The Morgan fingerprint density at radius 1 is 0.733 bits per heavy atom. The maximum absolute atomic E-state index is 12.6. The average molecular weight is 420 g/mol. The molecule has 1 aromatic carbocycles. The molecule has 0 saturated heterocycles. The molecule has 0 fully saturated rings. The van der Waals surface area contributed by atoms with E-state index >= 15 is 0 Å². The Morgan fingerprint density at radius 2 is 1.33 bits per heavy atom. The van der Waals surface area contributed by atoms with Crippen LogP contribution in [0.4, 0.5) is 0 Å². The monoisotopic (exact) mass is 419 g/mol. The van der Waals surface area contributed by atoms with Crippen molar-refractivity contribution in [3.05, 3.63) is 35.9 Å². The van der Waals surface area contributed by atoms with Crippen LogP contribution in [0.3, 0.4) is 0 Å². The highest BCUT2D eigenvalue weighted by atomic mass is 16.2. The molecule has 9 nitrogen and oxygen atoms in total. The lowest BCUT2D eigenvalue weighted by Crippen LogP contribution is -2.52. The molecule has 0 aromatic heterocycles. The molecule has 0 aliphatic carbocycles. The van der Waals surface area contributed by atoms with E-state index in [2.05, 4.69) is 26.6 Å². The Hall–Kier alpha value is -2.94. The molecule has 30 heavy (non-hydrogen) atoms. The minimum Gasteiger partial charge on any atom is -0.352 e. The van der Waals surface area contributed by atoms with Crippen molar-refractivity contribution in [2.24, 2.45) is 0 Å². The van der Waals surface area contributed by atoms with Gasteiger partial charge in [0.1, 0.15) is 6.04 Å². The molecule has 0 aliphatic rings. The highest BCUT2D eigenvalue weighted by molar-refractivity contribution is 5.92. The molecule has 5 N–H and O–H groups in total. The Balaban J connectivity index is 2.64. The summed E-state index contributed by atoms with van der Waals surface area (Å²) >= 11 is 0. The predicted octanol–water partition coefficient (Wildman–Crippen LogP) is -0.531. The van der Waals surface area contributed by atoms with Gasteiger partial charge >= 0.3 is 0 Å². The highest BCUT2D eigenvalue weighted by Gasteiger charge is 2.22. The van der Waals surface area contributed by atoms with Gasteiger partial charge in [0, 0.05) is 18.5 Å². The van der Waals surface area contributed by atoms with Crippen LogP contribution in [0.5, 0.6) is 0 Å². The van der Waals surface area contributed by atoms with Gasteiger partial charge in [-0.3, -0.25) is 19.2 Å². The maximum atomic E-state index is 12.6. The van der Waals surface area contributed by atoms with Gasteiger partial charge in [-0.05, 0) is 19.4 Å². The first-order valence-corrected chi connectivity index (χ1v) is 10.1. The van der Waals surface area contributed by atoms with Crippen LogP contribution < -0.4 is 26.6 Å². The van der Waals surface area contributed by atoms with Crippen LogP contribution >= 0.6 is 0 Å². The second kappa shape index (κ2) is 13.3. The molecular formula is C21H33N5O4. The van der Waals surface area contributed by atoms with Gasteiger partial charge in [-0.1, -0.05) is 44.2 Å². The summed E-state index contributed by atoms with van der Waals surface area (Å²) in [6.45, 7) is 7.14. The summed E-state index contributed by atoms with van der Waals surface area (Å²) in [5, 5.41) is 13.3. The van der Waals surface area contributed by atoms with E-state index in [1.165, 1.54) is 0 Å². The van der Waals surface area contributed by atoms with E-state index in [1.54, 1.807) is 0 Å². The van der Waals surface area contributed by atoms with E-state index in [0.29, 0.717) is 0 Å². The first-order chi connectivity index (χ1) is 14.2. The van der Waals surface area contributed by atoms with Crippen LogP contribution in [0, 0.1) is 0 Å². The number of hydrogen-bond acceptors (Lipinski definition) is 5. The third-order valence-corrected chi connectivity index (χ3v) is 3.92. The summed E-state index contributed by atoms with van der Waals surface area (Å²) in [6, 6.07) is 8.45. The fourth-order valence-electron chi connectivity index (χ4n) is 2.51. The molecule has 0 spiro atoms. The summed E-state index contributed by atoms with van der Waals surface area (Å²) in [7, 11) is 0. The lowest BCUT2D eigenvalue weighted by Gasteiger charge is -2.19. The first kappa shape index (κ1) is 25.1. The number of carbonyl (C=O) groups excluding carboxylic acids is 4. The fraction of sp³-hybridized carbons (Fsp3) is 0.524. The zero-order valence-corrected chi connectivity index (χ0v) is 18.1. The topological polar surface area (TPSA) is 128 Å². The summed E-state index contributed by atoms with van der Waals surface area (Å²) in [5.74, 6) is -1.59. The zero-order valence-electron chi connectivity index (χ0n) is 18.1. The number of nitrogens with one attached hydrogen (secondary N) is 5. The normalized spacial score (nSPS) is 11.7. The van der Waals surface area contributed by atoms with E-state index in [4.69, 9.17) is 0 Å². The summed E-state index contributed by atoms with van der Waals surface area (Å²) in [5.41, 5.74) is 0.856. The lowest BCUT2D eigenvalue weighted by molar-refractivity contribution is -0.130. The predicted molar refractivity (Wildman–Crippen MR) is 115 cm³/mol. The molecule has 0 radical (unpaired) electrons. The molecule has 0 aliphatic heterocycles. The van der Waals surface area contributed by atoms with Crippen molar-refractivity contribution >= 4 is 23.6 Å². The maximum Gasteiger partial charge on any atom is 0.243 e. The van der Waals surface area contributed by atoms with Gasteiger partial charge in [0.2, 0.25) is 23.6 Å². The van der Waals surface area contributed by atoms with Crippen LogP contribution in [0.1, 0.15) is 33.3 Å². The Kier molecular flexibility index (Phi) is 11.1. The van der Waals surface area contributed by atoms with E-state index in [-0.39, 0.29) is 50.0 Å². The summed E-state index contributed by atoms with van der Waals surface area (Å²) in [4.78, 5) is 48.4. The first-order valence-electron chi connectivity index (χ1n) is 10.1. The lowest BCUT2D eigenvalue weighted by atomic mass is 10.1. The van der Waals surface area contributed by atoms with Gasteiger partial charge in [0.25, 0.3) is 0 Å². The van der Waals surface area contributed by atoms with Gasteiger partial charge in [-0.25, -0.2) is 0 Å². The molecule has 1 unspecified atom stereocenters. The van der Waals surface area contributed by atoms with Crippen LogP contribution in [0.25, 0.3) is 0 Å². The van der Waals surface area contributed by atoms with E-state index in [1.807, 2.05) is 58.0 Å². The molecule has 1 rings (SSSR count). The standard InChI is InChI=1S/C21H33N5O4/c1-14(2)22-11-18(27)23-12-20(29)26-17(10-16-8-6-5-7-9-16)21(30)24-13-19(28)25-15(3)4/h5-9,14-15,17,22H,10-13H2,1-4H3,(H,23,27)(H,24,30)(H,25,28)(H,26,29). The molecule has 0 heterocycles.